The Morgan fingerprint density at radius 3 is 2.96 bits per heavy atom. The molecule has 4 nitrogen and oxygen atoms in total. The zero-order valence-electron chi connectivity index (χ0n) is 13.3. The van der Waals surface area contributed by atoms with Gasteiger partial charge in [-0.05, 0) is 23.1 Å². The highest BCUT2D eigenvalue weighted by Crippen LogP contribution is 2.25. The van der Waals surface area contributed by atoms with Gasteiger partial charge in [-0.15, -0.1) is 11.3 Å². The number of nitriles is 1. The third kappa shape index (κ3) is 4.69. The molecule has 0 atom stereocenters. The number of carbonyl (C=O) groups is 1. The van der Waals surface area contributed by atoms with Crippen LogP contribution in [0.1, 0.15) is 21.6 Å². The van der Waals surface area contributed by atoms with Gasteiger partial charge >= 0.3 is 0 Å². The molecular weight excluding hydrogens is 370 g/mol. The topological polar surface area (TPSA) is 65.8 Å². The number of thiophene rings is 1. The number of rotatable bonds is 7. The van der Waals surface area contributed by atoms with E-state index in [0.29, 0.717) is 17.8 Å². The number of hydrogen-bond donors (Lipinski definition) is 1. The number of hydrogen-bond acceptors (Lipinski definition) is 6. The van der Waals surface area contributed by atoms with E-state index in [1.54, 1.807) is 28.5 Å². The Labute approximate surface area is 158 Å². The molecule has 0 unspecified atom stereocenters. The van der Waals surface area contributed by atoms with Crippen molar-refractivity contribution in [2.24, 2.45) is 0 Å². The smallest absolute Gasteiger partial charge is 0.270 e. The Kier molecular flexibility index (Phi) is 6.23. The quantitative estimate of drug-likeness (QED) is 0.612. The van der Waals surface area contributed by atoms with E-state index >= 15 is 0 Å². The molecule has 0 saturated carbocycles. The normalized spacial score (nSPS) is 10.4. The van der Waals surface area contributed by atoms with Crippen LogP contribution >= 0.6 is 34.4 Å². The van der Waals surface area contributed by atoms with E-state index in [9.17, 15) is 4.79 Å². The summed E-state index contributed by atoms with van der Waals surface area (Å²) in [7, 11) is 0. The predicted octanol–water partition coefficient (Wildman–Crippen LogP) is 4.41. The highest BCUT2D eigenvalue weighted by molar-refractivity contribution is 7.98. The Morgan fingerprint density at radius 1 is 1.28 bits per heavy atom. The van der Waals surface area contributed by atoms with Crippen LogP contribution in [0.25, 0.3) is 10.6 Å². The summed E-state index contributed by atoms with van der Waals surface area (Å²) in [5, 5.41) is 18.6. The number of benzene rings is 1. The van der Waals surface area contributed by atoms with Crippen LogP contribution in [0.5, 0.6) is 0 Å². The SMILES string of the molecule is N#Cc1ccccc1CSCCNC(=O)c1csc(-c2ccsc2)n1. The second-order valence-corrected chi connectivity index (χ2v) is 7.87. The molecule has 0 bridgehead atoms. The number of nitrogens with one attached hydrogen (secondary N) is 1. The number of carbonyl (C=O) groups excluding carboxylic acids is 1. The van der Waals surface area contributed by atoms with Crippen LogP contribution in [-0.4, -0.2) is 23.2 Å². The van der Waals surface area contributed by atoms with Crippen LogP contribution in [0.3, 0.4) is 0 Å². The summed E-state index contributed by atoms with van der Waals surface area (Å²) in [6.07, 6.45) is 0. The van der Waals surface area contributed by atoms with E-state index in [1.807, 2.05) is 41.1 Å². The molecule has 2 aromatic heterocycles. The van der Waals surface area contributed by atoms with Gasteiger partial charge in [-0.3, -0.25) is 4.79 Å². The zero-order valence-corrected chi connectivity index (χ0v) is 15.7. The summed E-state index contributed by atoms with van der Waals surface area (Å²) in [4.78, 5) is 16.5. The van der Waals surface area contributed by atoms with Crippen molar-refractivity contribution < 1.29 is 4.79 Å². The summed E-state index contributed by atoms with van der Waals surface area (Å²) < 4.78 is 0. The number of thioether (sulfide) groups is 1. The molecule has 0 aliphatic heterocycles. The summed E-state index contributed by atoms with van der Waals surface area (Å²) in [5.74, 6) is 1.40. The summed E-state index contributed by atoms with van der Waals surface area (Å²) in [6.45, 7) is 0.573. The van der Waals surface area contributed by atoms with E-state index in [2.05, 4.69) is 16.4 Å². The average molecular weight is 386 g/mol. The molecular formula is C18H15N3OS3. The Hall–Kier alpha value is -2.14. The van der Waals surface area contributed by atoms with Gasteiger partial charge in [-0.25, -0.2) is 4.98 Å². The molecule has 0 fully saturated rings. The first-order valence-corrected chi connectivity index (χ1v) is 10.6. The second-order valence-electron chi connectivity index (χ2n) is 5.13. The first kappa shape index (κ1) is 17.7. The van der Waals surface area contributed by atoms with Crippen molar-refractivity contribution in [3.63, 3.8) is 0 Å². The van der Waals surface area contributed by atoms with Crippen molar-refractivity contribution in [3.8, 4) is 16.6 Å². The third-order valence-corrected chi connectivity index (χ3v) is 6.01. The van der Waals surface area contributed by atoms with Crippen LogP contribution in [0.15, 0.2) is 46.5 Å². The van der Waals surface area contributed by atoms with Gasteiger partial charge in [0, 0.05) is 34.4 Å². The van der Waals surface area contributed by atoms with Crippen LogP contribution in [0.2, 0.25) is 0 Å². The first-order valence-electron chi connectivity index (χ1n) is 7.60. The first-order chi connectivity index (χ1) is 12.3. The van der Waals surface area contributed by atoms with Gasteiger partial charge < -0.3 is 5.32 Å². The molecule has 7 heteroatoms. The predicted molar refractivity (Wildman–Crippen MR) is 105 cm³/mol. The van der Waals surface area contributed by atoms with E-state index < -0.39 is 0 Å². The summed E-state index contributed by atoms with van der Waals surface area (Å²) >= 11 is 4.79. The Bertz CT molecular complexity index is 881. The van der Waals surface area contributed by atoms with Crippen molar-refractivity contribution in [2.45, 2.75) is 5.75 Å². The summed E-state index contributed by atoms with van der Waals surface area (Å²) in [5.41, 5.74) is 3.26. The lowest BCUT2D eigenvalue weighted by atomic mass is 10.1. The van der Waals surface area contributed by atoms with Crippen molar-refractivity contribution in [1.29, 1.82) is 5.26 Å². The zero-order chi connectivity index (χ0) is 17.5. The van der Waals surface area contributed by atoms with Crippen LogP contribution < -0.4 is 5.32 Å². The fraction of sp³-hybridized carbons (Fsp3) is 0.167. The lowest BCUT2D eigenvalue weighted by Crippen LogP contribution is -2.26. The summed E-state index contributed by atoms with van der Waals surface area (Å²) in [6, 6.07) is 11.8. The van der Waals surface area contributed by atoms with Crippen molar-refractivity contribution in [1.82, 2.24) is 10.3 Å². The van der Waals surface area contributed by atoms with Gasteiger partial charge in [0.1, 0.15) is 10.7 Å². The van der Waals surface area contributed by atoms with Gasteiger partial charge in [-0.1, -0.05) is 18.2 Å². The molecule has 25 heavy (non-hydrogen) atoms. The van der Waals surface area contributed by atoms with Crippen molar-refractivity contribution in [2.75, 3.05) is 12.3 Å². The Morgan fingerprint density at radius 2 is 2.16 bits per heavy atom. The van der Waals surface area contributed by atoms with E-state index in [1.165, 1.54) is 11.3 Å². The maximum absolute atomic E-state index is 12.1. The molecule has 0 saturated heterocycles. The molecule has 0 radical (unpaired) electrons. The highest BCUT2D eigenvalue weighted by Gasteiger charge is 2.11. The number of amides is 1. The third-order valence-electron chi connectivity index (χ3n) is 3.43. The van der Waals surface area contributed by atoms with Crippen LogP contribution in [0, 0.1) is 11.3 Å². The minimum atomic E-state index is -0.143. The van der Waals surface area contributed by atoms with Gasteiger partial charge in [-0.2, -0.15) is 28.4 Å². The molecule has 1 amide bonds. The lowest BCUT2D eigenvalue weighted by Gasteiger charge is -2.05. The van der Waals surface area contributed by atoms with Crippen LogP contribution in [0.4, 0.5) is 0 Å². The fourth-order valence-electron chi connectivity index (χ4n) is 2.16. The van der Waals surface area contributed by atoms with Gasteiger partial charge in [0.2, 0.25) is 0 Å². The number of nitrogens with zero attached hydrogens (tertiary/aromatic N) is 2. The van der Waals surface area contributed by atoms with Gasteiger partial charge in [0.25, 0.3) is 5.91 Å². The molecule has 0 aliphatic carbocycles. The standard InChI is InChI=1S/C18H15N3OS3/c19-9-13-3-1-2-4-14(13)10-24-8-6-20-17(22)16-12-25-18(21-16)15-5-7-23-11-15/h1-5,7,11-12H,6,8,10H2,(H,20,22). The maximum atomic E-state index is 12.1. The fourth-order valence-corrected chi connectivity index (χ4v) is 4.54. The van der Waals surface area contributed by atoms with Gasteiger partial charge in [0.05, 0.1) is 11.6 Å². The molecule has 0 aliphatic rings. The molecule has 126 valence electrons. The van der Waals surface area contributed by atoms with Crippen molar-refractivity contribution >= 4 is 40.3 Å². The largest absolute Gasteiger partial charge is 0.350 e. The molecule has 1 aromatic carbocycles. The lowest BCUT2D eigenvalue weighted by molar-refractivity contribution is 0.0952. The van der Waals surface area contributed by atoms with E-state index in [0.717, 1.165) is 27.6 Å². The van der Waals surface area contributed by atoms with E-state index in [4.69, 9.17) is 5.26 Å². The van der Waals surface area contributed by atoms with Crippen molar-refractivity contribution in [3.05, 3.63) is 63.3 Å². The monoisotopic (exact) mass is 385 g/mol. The molecule has 3 aromatic rings. The number of thiazole rings is 1. The maximum Gasteiger partial charge on any atom is 0.270 e. The molecule has 0 spiro atoms. The van der Waals surface area contributed by atoms with Gasteiger partial charge in [0.15, 0.2) is 0 Å². The minimum absolute atomic E-state index is 0.143. The Balaban J connectivity index is 1.43. The minimum Gasteiger partial charge on any atom is -0.350 e. The molecule has 1 N–H and O–H groups in total. The van der Waals surface area contributed by atoms with E-state index in [-0.39, 0.29) is 5.91 Å². The average Bonchev–Trinajstić information content (AvgIpc) is 3.33. The number of aromatic nitrogens is 1. The molecule has 3 rings (SSSR count). The molecule has 2 heterocycles. The second kappa shape index (κ2) is 8.81. The highest BCUT2D eigenvalue weighted by atomic mass is 32.2. The van der Waals surface area contributed by atoms with Crippen LogP contribution in [-0.2, 0) is 5.75 Å².